The molecule has 2 fully saturated rings. The molecule has 126 valence electrons. The zero-order valence-corrected chi connectivity index (χ0v) is 15.1. The van der Waals surface area contributed by atoms with Gasteiger partial charge in [-0.15, -0.1) is 11.6 Å². The van der Waals surface area contributed by atoms with Gasteiger partial charge in [0.2, 0.25) is 0 Å². The van der Waals surface area contributed by atoms with Crippen LogP contribution in [-0.2, 0) is 9.47 Å². The maximum absolute atomic E-state index is 11.0. The Bertz CT molecular complexity index is 465. The minimum Gasteiger partial charge on any atom is -0.388 e. The van der Waals surface area contributed by atoms with Crippen LogP contribution in [0.4, 0.5) is 0 Å². The lowest BCUT2D eigenvalue weighted by Gasteiger charge is -2.44. The maximum atomic E-state index is 11.0. The lowest BCUT2D eigenvalue weighted by atomic mass is 9.70. The first-order chi connectivity index (χ1) is 10.2. The molecule has 22 heavy (non-hydrogen) atoms. The molecule has 4 atom stereocenters. The highest BCUT2D eigenvalue weighted by Gasteiger charge is 2.55. The van der Waals surface area contributed by atoms with E-state index in [0.29, 0.717) is 6.42 Å². The van der Waals surface area contributed by atoms with Gasteiger partial charge in [0, 0.05) is 5.92 Å². The Labute approximate surface area is 139 Å². The molecule has 1 heterocycles. The Morgan fingerprint density at radius 3 is 2.50 bits per heavy atom. The first-order valence-corrected chi connectivity index (χ1v) is 8.66. The summed E-state index contributed by atoms with van der Waals surface area (Å²) in [4.78, 5) is 0. The quantitative estimate of drug-likeness (QED) is 0.621. The summed E-state index contributed by atoms with van der Waals surface area (Å²) in [6.45, 7) is 10.1. The molecular formula is C18H29ClO3. The SMILES string of the molecule is CC(C)=CC/C=C(\C)[C@H]1[C@@H]2OC(C)(C)O[C@@H]2CC[C@]1(O)CCl. The number of rotatable bonds is 4. The molecule has 3 nitrogen and oxygen atoms in total. The van der Waals surface area contributed by atoms with E-state index in [2.05, 4.69) is 32.9 Å². The summed E-state index contributed by atoms with van der Waals surface area (Å²) in [5, 5.41) is 11.0. The van der Waals surface area contributed by atoms with Gasteiger partial charge in [-0.3, -0.25) is 0 Å². The molecule has 2 rings (SSSR count). The minimum absolute atomic E-state index is 0.0373. The largest absolute Gasteiger partial charge is 0.388 e. The van der Waals surface area contributed by atoms with Gasteiger partial charge in [0.25, 0.3) is 0 Å². The summed E-state index contributed by atoms with van der Waals surface area (Å²) in [6, 6.07) is 0. The molecule has 1 saturated heterocycles. The van der Waals surface area contributed by atoms with Crippen molar-refractivity contribution in [2.24, 2.45) is 5.92 Å². The summed E-state index contributed by atoms with van der Waals surface area (Å²) in [5.74, 6) is -0.486. The highest BCUT2D eigenvalue weighted by molar-refractivity contribution is 6.18. The highest BCUT2D eigenvalue weighted by Crippen LogP contribution is 2.47. The van der Waals surface area contributed by atoms with Gasteiger partial charge in [-0.1, -0.05) is 23.3 Å². The van der Waals surface area contributed by atoms with Gasteiger partial charge in [0.1, 0.15) is 0 Å². The third kappa shape index (κ3) is 3.76. The molecule has 0 aromatic carbocycles. The average molecular weight is 329 g/mol. The third-order valence-electron chi connectivity index (χ3n) is 4.68. The van der Waals surface area contributed by atoms with Crippen LogP contribution in [0.5, 0.6) is 0 Å². The van der Waals surface area contributed by atoms with Gasteiger partial charge in [-0.05, 0) is 53.9 Å². The Kier molecular flexibility index (Phi) is 5.43. The number of fused-ring (bicyclic) bond motifs is 1. The first kappa shape index (κ1) is 18.0. The fourth-order valence-electron chi connectivity index (χ4n) is 3.66. The fraction of sp³-hybridized carbons (Fsp3) is 0.778. The predicted octanol–water partition coefficient (Wildman–Crippen LogP) is 4.19. The van der Waals surface area contributed by atoms with E-state index in [1.54, 1.807) is 0 Å². The van der Waals surface area contributed by atoms with E-state index < -0.39 is 11.4 Å². The van der Waals surface area contributed by atoms with Gasteiger partial charge >= 0.3 is 0 Å². The van der Waals surface area contributed by atoms with E-state index >= 15 is 0 Å². The van der Waals surface area contributed by atoms with Crippen molar-refractivity contribution >= 4 is 11.6 Å². The average Bonchev–Trinajstić information content (AvgIpc) is 2.72. The van der Waals surface area contributed by atoms with Gasteiger partial charge in [-0.2, -0.15) is 0 Å². The van der Waals surface area contributed by atoms with Crippen molar-refractivity contribution in [3.63, 3.8) is 0 Å². The molecule has 1 saturated carbocycles. The van der Waals surface area contributed by atoms with Crippen LogP contribution >= 0.6 is 11.6 Å². The molecule has 1 N–H and O–H groups in total. The van der Waals surface area contributed by atoms with Crippen LogP contribution in [-0.4, -0.2) is 34.6 Å². The van der Waals surface area contributed by atoms with Crippen molar-refractivity contribution in [2.45, 2.75) is 77.5 Å². The van der Waals surface area contributed by atoms with Crippen LogP contribution in [0, 0.1) is 5.92 Å². The molecule has 0 radical (unpaired) electrons. The summed E-state index contributed by atoms with van der Waals surface area (Å²) in [6.07, 6.45) is 6.56. The zero-order valence-electron chi connectivity index (χ0n) is 14.4. The van der Waals surface area contributed by atoms with Crippen LogP contribution in [0.1, 0.15) is 53.9 Å². The van der Waals surface area contributed by atoms with Crippen LogP contribution in [0.25, 0.3) is 0 Å². The Morgan fingerprint density at radius 2 is 1.91 bits per heavy atom. The van der Waals surface area contributed by atoms with Gasteiger partial charge in [0.15, 0.2) is 5.79 Å². The molecule has 0 aromatic heterocycles. The van der Waals surface area contributed by atoms with Gasteiger partial charge in [-0.25, -0.2) is 0 Å². The van der Waals surface area contributed by atoms with Crippen LogP contribution in [0.15, 0.2) is 23.3 Å². The van der Waals surface area contributed by atoms with Crippen molar-refractivity contribution in [2.75, 3.05) is 5.88 Å². The standard InChI is InChI=1S/C18H29ClO3/c1-12(2)7-6-8-13(3)15-16-14(21-17(4,5)22-16)9-10-18(15,20)11-19/h7-8,14-16,20H,6,9-11H2,1-5H3/b13-8+/t14-,15+,16-,18+/m1/s1. The number of hydrogen-bond acceptors (Lipinski definition) is 3. The second kappa shape index (κ2) is 6.64. The van der Waals surface area contributed by atoms with Crippen molar-refractivity contribution in [1.29, 1.82) is 0 Å². The second-order valence-corrected chi connectivity index (χ2v) is 7.62. The van der Waals surface area contributed by atoms with Crippen molar-refractivity contribution in [3.05, 3.63) is 23.3 Å². The predicted molar refractivity (Wildman–Crippen MR) is 90.0 cm³/mol. The summed E-state index contributed by atoms with van der Waals surface area (Å²) < 4.78 is 12.1. The lowest BCUT2D eigenvalue weighted by molar-refractivity contribution is -0.152. The number of halogens is 1. The molecule has 2 aliphatic rings. The summed E-state index contributed by atoms with van der Waals surface area (Å²) >= 11 is 6.12. The smallest absolute Gasteiger partial charge is 0.163 e. The van der Waals surface area contributed by atoms with Crippen LogP contribution < -0.4 is 0 Å². The van der Waals surface area contributed by atoms with Crippen LogP contribution in [0.2, 0.25) is 0 Å². The Hall–Kier alpha value is -0.350. The maximum Gasteiger partial charge on any atom is 0.163 e. The topological polar surface area (TPSA) is 38.7 Å². The van der Waals surface area contributed by atoms with E-state index in [1.807, 2.05) is 13.8 Å². The van der Waals surface area contributed by atoms with E-state index in [0.717, 1.165) is 18.4 Å². The van der Waals surface area contributed by atoms with E-state index in [9.17, 15) is 5.11 Å². The second-order valence-electron chi connectivity index (χ2n) is 7.36. The number of hydrogen-bond donors (Lipinski definition) is 1. The lowest BCUT2D eigenvalue weighted by Crippen LogP contribution is -2.54. The van der Waals surface area contributed by atoms with Crippen molar-refractivity contribution < 1.29 is 14.6 Å². The molecule has 1 aliphatic carbocycles. The molecule has 0 aromatic rings. The summed E-state index contributed by atoms with van der Waals surface area (Å²) in [5.41, 5.74) is 1.51. The van der Waals surface area contributed by atoms with Crippen LogP contribution in [0.3, 0.4) is 0 Å². The fourth-order valence-corrected chi connectivity index (χ4v) is 3.96. The molecular weight excluding hydrogens is 300 g/mol. The number of allylic oxidation sites excluding steroid dienone is 3. The van der Waals surface area contributed by atoms with Gasteiger partial charge < -0.3 is 14.6 Å². The number of ether oxygens (including phenoxy) is 2. The van der Waals surface area contributed by atoms with Crippen molar-refractivity contribution in [3.8, 4) is 0 Å². The molecule has 0 bridgehead atoms. The molecule has 4 heteroatoms. The first-order valence-electron chi connectivity index (χ1n) is 8.12. The van der Waals surface area contributed by atoms with E-state index in [-0.39, 0.29) is 24.0 Å². The molecule has 1 aliphatic heterocycles. The molecule has 0 amide bonds. The van der Waals surface area contributed by atoms with Gasteiger partial charge in [0.05, 0.1) is 23.7 Å². The summed E-state index contributed by atoms with van der Waals surface area (Å²) in [7, 11) is 0. The number of aliphatic hydroxyl groups is 1. The third-order valence-corrected chi connectivity index (χ3v) is 5.14. The number of alkyl halides is 1. The Balaban J connectivity index is 2.27. The zero-order chi connectivity index (χ0) is 16.5. The van der Waals surface area contributed by atoms with E-state index in [1.165, 1.54) is 5.57 Å². The molecule has 0 spiro atoms. The Morgan fingerprint density at radius 1 is 1.23 bits per heavy atom. The highest BCUT2D eigenvalue weighted by atomic mass is 35.5. The normalized spacial score (nSPS) is 37.8. The van der Waals surface area contributed by atoms with Crippen molar-refractivity contribution in [1.82, 2.24) is 0 Å². The monoisotopic (exact) mass is 328 g/mol. The minimum atomic E-state index is -0.919. The van der Waals surface area contributed by atoms with E-state index in [4.69, 9.17) is 21.1 Å². The molecule has 0 unspecified atom stereocenters.